The Hall–Kier alpha value is 0.793. The van der Waals surface area contributed by atoms with Crippen LogP contribution in [-0.4, -0.2) is 23.0 Å². The molecule has 0 aliphatic heterocycles. The standard InChI is InChI=1S/C11H23NOS2.Zn/c1-9(2)12-11(13)6-4-3-5-10(15)7-8-14;/h9-10,14-15H,3-8H2,1-2H3,(H,12,13);/q;+2/p-2. The van der Waals surface area contributed by atoms with Gasteiger partial charge in [-0.05, 0) is 20.3 Å². The van der Waals surface area contributed by atoms with Gasteiger partial charge in [-0.25, -0.2) is 0 Å². The Morgan fingerprint density at radius 1 is 1.25 bits per heavy atom. The van der Waals surface area contributed by atoms with Crippen molar-refractivity contribution in [1.29, 1.82) is 0 Å². The van der Waals surface area contributed by atoms with Crippen molar-refractivity contribution in [2.45, 2.75) is 57.2 Å². The number of rotatable bonds is 8. The summed E-state index contributed by atoms with van der Waals surface area (Å²) in [4.78, 5) is 11.3. The molecule has 5 heteroatoms. The summed E-state index contributed by atoms with van der Waals surface area (Å²) in [6.07, 6.45) is 4.55. The van der Waals surface area contributed by atoms with Crippen molar-refractivity contribution >= 4 is 31.2 Å². The second kappa shape index (κ2) is 12.3. The van der Waals surface area contributed by atoms with Crippen LogP contribution in [0.2, 0.25) is 0 Å². The molecule has 0 rings (SSSR count). The first-order chi connectivity index (χ1) is 7.06. The van der Waals surface area contributed by atoms with E-state index >= 15 is 0 Å². The average molecular weight is 313 g/mol. The fraction of sp³-hybridized carbons (Fsp3) is 0.909. The van der Waals surface area contributed by atoms with Crippen molar-refractivity contribution < 1.29 is 24.3 Å². The Kier molecular flexibility index (Phi) is 14.7. The summed E-state index contributed by atoms with van der Waals surface area (Å²) in [5.41, 5.74) is 0. The Labute approximate surface area is 123 Å². The molecule has 0 aromatic heterocycles. The normalized spacial score (nSPS) is 12.1. The maximum atomic E-state index is 11.3. The SMILES string of the molecule is CC(C)NC(=O)CCCCC([S-])CC[S-].[Zn+2]. The molecule has 1 N–H and O–H groups in total. The third kappa shape index (κ3) is 12.9. The quantitative estimate of drug-likeness (QED) is 0.422. The molecule has 0 fully saturated rings. The minimum atomic E-state index is 0. The zero-order valence-electron chi connectivity index (χ0n) is 10.3. The summed E-state index contributed by atoms with van der Waals surface area (Å²) in [5, 5.41) is 3.18. The molecule has 0 heterocycles. The molecule has 0 saturated carbocycles. The zero-order valence-corrected chi connectivity index (χ0v) is 14.9. The fourth-order valence-corrected chi connectivity index (χ4v) is 2.05. The van der Waals surface area contributed by atoms with Crippen molar-refractivity contribution in [2.75, 3.05) is 5.75 Å². The summed E-state index contributed by atoms with van der Waals surface area (Å²) < 4.78 is 0. The van der Waals surface area contributed by atoms with Gasteiger partial charge in [-0.2, -0.15) is 11.0 Å². The van der Waals surface area contributed by atoms with Gasteiger partial charge in [0.1, 0.15) is 0 Å². The molecule has 0 radical (unpaired) electrons. The minimum absolute atomic E-state index is 0. The predicted octanol–water partition coefficient (Wildman–Crippen LogP) is 1.92. The van der Waals surface area contributed by atoms with Crippen LogP contribution in [0.3, 0.4) is 0 Å². The molecule has 0 saturated heterocycles. The van der Waals surface area contributed by atoms with Crippen LogP contribution in [0.15, 0.2) is 0 Å². The van der Waals surface area contributed by atoms with Gasteiger partial charge in [0.15, 0.2) is 0 Å². The van der Waals surface area contributed by atoms with Crippen molar-refractivity contribution in [3.8, 4) is 0 Å². The van der Waals surface area contributed by atoms with E-state index in [4.69, 9.17) is 25.3 Å². The van der Waals surface area contributed by atoms with E-state index < -0.39 is 0 Å². The van der Waals surface area contributed by atoms with Crippen LogP contribution >= 0.6 is 0 Å². The Morgan fingerprint density at radius 2 is 1.88 bits per heavy atom. The van der Waals surface area contributed by atoms with Gasteiger partial charge in [-0.1, -0.05) is 19.3 Å². The third-order valence-electron chi connectivity index (χ3n) is 2.07. The molecular formula is C11H21NOS2Zn. The molecule has 0 aromatic rings. The van der Waals surface area contributed by atoms with Crippen LogP contribution < -0.4 is 5.32 Å². The topological polar surface area (TPSA) is 29.1 Å². The summed E-state index contributed by atoms with van der Waals surface area (Å²) in [6, 6.07) is 0.240. The van der Waals surface area contributed by atoms with Crippen LogP contribution in [0, 0.1) is 0 Å². The van der Waals surface area contributed by atoms with Crippen LogP contribution in [0.5, 0.6) is 0 Å². The fourth-order valence-electron chi connectivity index (χ4n) is 1.33. The van der Waals surface area contributed by atoms with Gasteiger partial charge in [0.05, 0.1) is 0 Å². The molecule has 90 valence electrons. The Morgan fingerprint density at radius 3 is 2.38 bits per heavy atom. The molecule has 0 aliphatic carbocycles. The molecular weight excluding hydrogens is 292 g/mol. The van der Waals surface area contributed by atoms with Gasteiger partial charge in [-0.3, -0.25) is 4.79 Å². The smallest absolute Gasteiger partial charge is 0.793 e. The monoisotopic (exact) mass is 311 g/mol. The number of hydrogen-bond donors (Lipinski definition) is 1. The molecule has 1 amide bonds. The van der Waals surface area contributed by atoms with E-state index in [1.807, 2.05) is 13.8 Å². The van der Waals surface area contributed by atoms with Gasteiger partial charge in [0, 0.05) is 12.5 Å². The van der Waals surface area contributed by atoms with Gasteiger partial charge >= 0.3 is 19.5 Å². The molecule has 0 aromatic carbocycles. The summed E-state index contributed by atoms with van der Waals surface area (Å²) in [7, 11) is 0. The Bertz CT molecular complexity index is 179. The van der Waals surface area contributed by atoms with Gasteiger partial charge in [0.25, 0.3) is 0 Å². The van der Waals surface area contributed by atoms with E-state index in [2.05, 4.69) is 5.32 Å². The predicted molar refractivity (Wildman–Crippen MR) is 69.7 cm³/mol. The maximum Gasteiger partial charge on any atom is 2.00 e. The number of nitrogens with one attached hydrogen (secondary N) is 1. The maximum absolute atomic E-state index is 11.3. The molecule has 0 spiro atoms. The number of unbranched alkanes of at least 4 members (excludes halogenated alkanes) is 1. The van der Waals surface area contributed by atoms with Gasteiger partial charge in [-0.15, -0.1) is 0 Å². The van der Waals surface area contributed by atoms with E-state index in [0.29, 0.717) is 11.7 Å². The zero-order chi connectivity index (χ0) is 11.7. The van der Waals surface area contributed by atoms with Gasteiger partial charge < -0.3 is 30.6 Å². The summed E-state index contributed by atoms with van der Waals surface area (Å²) in [6.45, 7) is 3.95. The Balaban J connectivity index is 0. The van der Waals surface area contributed by atoms with E-state index in [-0.39, 0.29) is 31.4 Å². The van der Waals surface area contributed by atoms with E-state index in [1.54, 1.807) is 0 Å². The average Bonchev–Trinajstić information content (AvgIpc) is 2.12. The first kappa shape index (κ1) is 19.1. The largest absolute Gasteiger partial charge is 2.00 e. The molecule has 1 unspecified atom stereocenters. The van der Waals surface area contributed by atoms with Crippen LogP contribution in [0.4, 0.5) is 0 Å². The second-order valence-corrected chi connectivity index (χ2v) is 5.16. The van der Waals surface area contributed by atoms with E-state index in [1.165, 1.54) is 0 Å². The van der Waals surface area contributed by atoms with Crippen LogP contribution in [0.25, 0.3) is 0 Å². The molecule has 16 heavy (non-hydrogen) atoms. The van der Waals surface area contributed by atoms with Crippen molar-refractivity contribution in [3.63, 3.8) is 0 Å². The van der Waals surface area contributed by atoms with Crippen molar-refractivity contribution in [1.82, 2.24) is 5.32 Å². The van der Waals surface area contributed by atoms with E-state index in [0.717, 1.165) is 31.4 Å². The first-order valence-electron chi connectivity index (χ1n) is 5.59. The van der Waals surface area contributed by atoms with Crippen LogP contribution in [0.1, 0.15) is 46.0 Å². The molecule has 0 bridgehead atoms. The van der Waals surface area contributed by atoms with Crippen LogP contribution in [-0.2, 0) is 49.5 Å². The minimum Gasteiger partial charge on any atom is -0.793 e. The number of carbonyl (C=O) groups is 1. The molecule has 1 atom stereocenters. The number of carbonyl (C=O) groups excluding carboxylic acids is 1. The van der Waals surface area contributed by atoms with Crippen molar-refractivity contribution in [2.24, 2.45) is 0 Å². The number of amides is 1. The van der Waals surface area contributed by atoms with Crippen molar-refractivity contribution in [3.05, 3.63) is 0 Å². The molecule has 2 nitrogen and oxygen atoms in total. The molecule has 0 aliphatic rings. The first-order valence-corrected chi connectivity index (χ1v) is 6.64. The summed E-state index contributed by atoms with van der Waals surface area (Å²) in [5.74, 6) is 0.899. The summed E-state index contributed by atoms with van der Waals surface area (Å²) >= 11 is 10.1. The second-order valence-electron chi connectivity index (χ2n) is 4.08. The third-order valence-corrected chi connectivity index (χ3v) is 2.78. The van der Waals surface area contributed by atoms with E-state index in [9.17, 15) is 4.79 Å². The van der Waals surface area contributed by atoms with Gasteiger partial charge in [0.2, 0.25) is 5.91 Å². The number of hydrogen-bond acceptors (Lipinski definition) is 3.